The Morgan fingerprint density at radius 3 is 2.50 bits per heavy atom. The Hall–Kier alpha value is -3.06. The third kappa shape index (κ3) is 5.23. The second-order valence-corrected chi connectivity index (χ2v) is 7.77. The van der Waals surface area contributed by atoms with Crippen molar-refractivity contribution in [1.82, 2.24) is 5.32 Å². The van der Waals surface area contributed by atoms with Gasteiger partial charge in [-0.1, -0.05) is 47.7 Å². The van der Waals surface area contributed by atoms with Crippen molar-refractivity contribution < 1.29 is 14.4 Å². The van der Waals surface area contributed by atoms with Gasteiger partial charge in [-0.25, -0.2) is 0 Å². The fourth-order valence-corrected chi connectivity index (χ4v) is 3.70. The smallest absolute Gasteiger partial charge is 0.250 e. The van der Waals surface area contributed by atoms with Crippen molar-refractivity contribution in [3.63, 3.8) is 0 Å². The SMILES string of the molecule is Cc1ccc(NC(=O)/C=C2/NC(=O)[C@@H](CC(=O)Nc3ccccc3C)S2)cc1. The van der Waals surface area contributed by atoms with Crippen LogP contribution in [0.3, 0.4) is 0 Å². The highest BCUT2D eigenvalue weighted by molar-refractivity contribution is 8.04. The zero-order valence-electron chi connectivity index (χ0n) is 15.6. The lowest BCUT2D eigenvalue weighted by molar-refractivity contribution is -0.122. The Kier molecular flexibility index (Phi) is 6.16. The second kappa shape index (κ2) is 8.75. The number of para-hydroxylation sites is 1. The molecule has 0 unspecified atom stereocenters. The summed E-state index contributed by atoms with van der Waals surface area (Å²) in [7, 11) is 0. The zero-order chi connectivity index (χ0) is 20.1. The number of hydrogen-bond acceptors (Lipinski definition) is 4. The molecular weight excluding hydrogens is 374 g/mol. The molecule has 0 radical (unpaired) electrons. The van der Waals surface area contributed by atoms with Gasteiger partial charge in [0.2, 0.25) is 11.8 Å². The van der Waals surface area contributed by atoms with E-state index in [-0.39, 0.29) is 24.1 Å². The lowest BCUT2D eigenvalue weighted by Gasteiger charge is -2.09. The van der Waals surface area contributed by atoms with E-state index in [1.165, 1.54) is 17.8 Å². The highest BCUT2D eigenvalue weighted by Gasteiger charge is 2.31. The van der Waals surface area contributed by atoms with Crippen molar-refractivity contribution in [3.8, 4) is 0 Å². The van der Waals surface area contributed by atoms with Gasteiger partial charge in [0, 0.05) is 23.9 Å². The highest BCUT2D eigenvalue weighted by Crippen LogP contribution is 2.29. The van der Waals surface area contributed by atoms with Crippen molar-refractivity contribution in [3.05, 3.63) is 70.8 Å². The summed E-state index contributed by atoms with van der Waals surface area (Å²) in [4.78, 5) is 36.5. The number of amides is 3. The van der Waals surface area contributed by atoms with Crippen molar-refractivity contribution in [2.75, 3.05) is 10.6 Å². The number of carbonyl (C=O) groups is 3. The lowest BCUT2D eigenvalue weighted by atomic mass is 10.2. The molecule has 1 aliphatic rings. The van der Waals surface area contributed by atoms with E-state index in [4.69, 9.17) is 0 Å². The van der Waals surface area contributed by atoms with Crippen molar-refractivity contribution >= 4 is 40.9 Å². The topological polar surface area (TPSA) is 87.3 Å². The van der Waals surface area contributed by atoms with Crippen LogP contribution in [0.1, 0.15) is 17.5 Å². The summed E-state index contributed by atoms with van der Waals surface area (Å²) in [5.41, 5.74) is 3.45. The summed E-state index contributed by atoms with van der Waals surface area (Å²) in [5, 5.41) is 8.09. The quantitative estimate of drug-likeness (QED) is 0.678. The first kappa shape index (κ1) is 19.7. The minimum Gasteiger partial charge on any atom is -0.326 e. The fourth-order valence-electron chi connectivity index (χ4n) is 2.66. The van der Waals surface area contributed by atoms with E-state index in [1.807, 2.05) is 62.4 Å². The van der Waals surface area contributed by atoms with Crippen LogP contribution in [0, 0.1) is 13.8 Å². The first-order valence-electron chi connectivity index (χ1n) is 8.83. The molecule has 6 nitrogen and oxygen atoms in total. The number of nitrogens with one attached hydrogen (secondary N) is 3. The largest absolute Gasteiger partial charge is 0.326 e. The van der Waals surface area contributed by atoms with Gasteiger partial charge in [0.15, 0.2) is 0 Å². The van der Waals surface area contributed by atoms with Crippen LogP contribution < -0.4 is 16.0 Å². The number of benzene rings is 2. The van der Waals surface area contributed by atoms with Crippen LogP contribution in [0.5, 0.6) is 0 Å². The summed E-state index contributed by atoms with van der Waals surface area (Å²) in [6.45, 7) is 3.87. The summed E-state index contributed by atoms with van der Waals surface area (Å²) < 4.78 is 0. The third-order valence-electron chi connectivity index (χ3n) is 4.18. The van der Waals surface area contributed by atoms with E-state index in [9.17, 15) is 14.4 Å². The predicted molar refractivity (Wildman–Crippen MR) is 112 cm³/mol. The van der Waals surface area contributed by atoms with Gasteiger partial charge in [0.25, 0.3) is 5.91 Å². The van der Waals surface area contributed by atoms with Crippen molar-refractivity contribution in [1.29, 1.82) is 0 Å². The fraction of sp³-hybridized carbons (Fsp3) is 0.190. The van der Waals surface area contributed by atoms with E-state index in [1.54, 1.807) is 0 Å². The molecule has 3 amide bonds. The monoisotopic (exact) mass is 395 g/mol. The minimum atomic E-state index is -0.567. The van der Waals surface area contributed by atoms with Crippen LogP contribution in [0.2, 0.25) is 0 Å². The van der Waals surface area contributed by atoms with Crippen LogP contribution in [0.25, 0.3) is 0 Å². The maximum absolute atomic E-state index is 12.3. The average Bonchev–Trinajstić information content (AvgIpc) is 2.97. The number of aryl methyl sites for hydroxylation is 2. The normalized spacial score (nSPS) is 17.3. The van der Waals surface area contributed by atoms with E-state index in [0.29, 0.717) is 10.7 Å². The summed E-state index contributed by atoms with van der Waals surface area (Å²) in [6, 6.07) is 14.9. The van der Waals surface area contributed by atoms with Gasteiger partial charge >= 0.3 is 0 Å². The van der Waals surface area contributed by atoms with Gasteiger partial charge in [-0.3, -0.25) is 14.4 Å². The van der Waals surface area contributed by atoms with E-state index >= 15 is 0 Å². The van der Waals surface area contributed by atoms with Gasteiger partial charge in [-0.15, -0.1) is 0 Å². The third-order valence-corrected chi connectivity index (χ3v) is 5.32. The highest BCUT2D eigenvalue weighted by atomic mass is 32.2. The van der Waals surface area contributed by atoms with E-state index in [0.717, 1.165) is 16.8 Å². The standard InChI is InChI=1S/C21H21N3O3S/c1-13-7-9-15(10-8-13)22-19(26)12-20-24-21(27)17(28-20)11-18(25)23-16-6-4-3-5-14(16)2/h3-10,12,17H,11H2,1-2H3,(H,22,26)(H,23,25)(H,24,27)/b20-12-/t17-/m1/s1. The Labute approximate surface area is 167 Å². The van der Waals surface area contributed by atoms with Crippen LogP contribution in [0.15, 0.2) is 59.6 Å². The Balaban J connectivity index is 1.56. The lowest BCUT2D eigenvalue weighted by Crippen LogP contribution is -2.27. The summed E-state index contributed by atoms with van der Waals surface area (Å²) in [5.74, 6) is -0.858. The summed E-state index contributed by atoms with van der Waals surface area (Å²) >= 11 is 1.18. The first-order valence-corrected chi connectivity index (χ1v) is 9.71. The molecule has 1 atom stereocenters. The number of thioether (sulfide) groups is 1. The zero-order valence-corrected chi connectivity index (χ0v) is 16.4. The van der Waals surface area contributed by atoms with Gasteiger partial charge in [0.05, 0.1) is 10.3 Å². The number of hydrogen-bond donors (Lipinski definition) is 3. The number of carbonyl (C=O) groups excluding carboxylic acids is 3. The molecule has 144 valence electrons. The maximum atomic E-state index is 12.3. The van der Waals surface area contributed by atoms with E-state index < -0.39 is 5.25 Å². The minimum absolute atomic E-state index is 0.0295. The molecule has 3 N–H and O–H groups in total. The van der Waals surface area contributed by atoms with Crippen LogP contribution in [-0.4, -0.2) is 23.0 Å². The van der Waals surface area contributed by atoms with Crippen LogP contribution >= 0.6 is 11.8 Å². The Morgan fingerprint density at radius 1 is 1.07 bits per heavy atom. The maximum Gasteiger partial charge on any atom is 0.250 e. The molecule has 2 aromatic carbocycles. The van der Waals surface area contributed by atoms with E-state index in [2.05, 4.69) is 16.0 Å². The molecule has 0 aliphatic carbocycles. The molecule has 1 heterocycles. The van der Waals surface area contributed by atoms with Gasteiger partial charge in [0.1, 0.15) is 0 Å². The molecule has 0 bridgehead atoms. The predicted octanol–water partition coefficient (Wildman–Crippen LogP) is 3.34. The molecule has 3 rings (SSSR count). The molecule has 7 heteroatoms. The molecule has 28 heavy (non-hydrogen) atoms. The molecule has 0 spiro atoms. The molecule has 0 saturated carbocycles. The Morgan fingerprint density at radius 2 is 1.79 bits per heavy atom. The molecular formula is C21H21N3O3S. The van der Waals surface area contributed by atoms with Crippen LogP contribution in [0.4, 0.5) is 11.4 Å². The molecule has 1 aliphatic heterocycles. The Bertz CT molecular complexity index is 938. The summed E-state index contributed by atoms with van der Waals surface area (Å²) in [6.07, 6.45) is 1.36. The van der Waals surface area contributed by atoms with Gasteiger partial charge in [-0.2, -0.15) is 0 Å². The van der Waals surface area contributed by atoms with Crippen molar-refractivity contribution in [2.24, 2.45) is 0 Å². The first-order chi connectivity index (χ1) is 13.4. The molecule has 1 saturated heterocycles. The molecule has 2 aromatic rings. The van der Waals surface area contributed by atoms with Crippen LogP contribution in [-0.2, 0) is 14.4 Å². The number of anilines is 2. The average molecular weight is 395 g/mol. The molecule has 1 fully saturated rings. The van der Waals surface area contributed by atoms with Gasteiger partial charge < -0.3 is 16.0 Å². The van der Waals surface area contributed by atoms with Crippen molar-refractivity contribution in [2.45, 2.75) is 25.5 Å². The second-order valence-electron chi connectivity index (χ2n) is 6.53. The molecule has 0 aromatic heterocycles. The number of rotatable bonds is 5. The van der Waals surface area contributed by atoms with Gasteiger partial charge in [-0.05, 0) is 37.6 Å².